The van der Waals surface area contributed by atoms with E-state index in [1.165, 1.54) is 22.0 Å². The highest BCUT2D eigenvalue weighted by molar-refractivity contribution is 7.99. The predicted octanol–water partition coefficient (Wildman–Crippen LogP) is 3.43. The third-order valence-corrected chi connectivity index (χ3v) is 5.26. The molecular formula is C21H25N5O3S. The summed E-state index contributed by atoms with van der Waals surface area (Å²) in [5, 5.41) is 11.4. The molecule has 1 amide bonds. The van der Waals surface area contributed by atoms with Crippen LogP contribution in [0.4, 0.5) is 5.69 Å². The van der Waals surface area contributed by atoms with E-state index in [4.69, 9.17) is 15.3 Å². The van der Waals surface area contributed by atoms with Crippen LogP contribution in [0.25, 0.3) is 0 Å². The van der Waals surface area contributed by atoms with E-state index in [-0.39, 0.29) is 18.3 Å². The summed E-state index contributed by atoms with van der Waals surface area (Å²) in [5.41, 5.74) is 1.94. The van der Waals surface area contributed by atoms with Crippen LogP contribution < -0.4 is 20.6 Å². The number of nitrogens with two attached hydrogens (primary N) is 1. The van der Waals surface area contributed by atoms with E-state index < -0.39 is 0 Å². The Morgan fingerprint density at radius 2 is 1.93 bits per heavy atom. The Kier molecular flexibility index (Phi) is 7.18. The van der Waals surface area contributed by atoms with Crippen molar-refractivity contribution in [3.63, 3.8) is 0 Å². The van der Waals surface area contributed by atoms with Gasteiger partial charge in [0, 0.05) is 11.8 Å². The average molecular weight is 428 g/mol. The Bertz CT molecular complexity index is 1010. The lowest BCUT2D eigenvalue weighted by atomic mass is 10.0. The summed E-state index contributed by atoms with van der Waals surface area (Å²) in [4.78, 5) is 12.3. The Balaban J connectivity index is 1.53. The Hall–Kier alpha value is -3.20. The molecule has 0 aliphatic rings. The second-order valence-electron chi connectivity index (χ2n) is 6.85. The van der Waals surface area contributed by atoms with Gasteiger partial charge in [0.25, 0.3) is 0 Å². The number of carbonyl (C=O) groups excluding carboxylic acids is 1. The summed E-state index contributed by atoms with van der Waals surface area (Å²) in [6, 6.07) is 15.1. The molecule has 3 aromatic rings. The van der Waals surface area contributed by atoms with Gasteiger partial charge in [-0.2, -0.15) is 0 Å². The van der Waals surface area contributed by atoms with Gasteiger partial charge in [-0.1, -0.05) is 43.8 Å². The summed E-state index contributed by atoms with van der Waals surface area (Å²) in [6.07, 6.45) is 0. The van der Waals surface area contributed by atoms with Gasteiger partial charge in [-0.25, -0.2) is 4.68 Å². The number of carbonyl (C=O) groups is 1. The van der Waals surface area contributed by atoms with Crippen LogP contribution in [0.15, 0.2) is 53.7 Å². The van der Waals surface area contributed by atoms with Gasteiger partial charge in [-0.15, -0.1) is 10.2 Å². The monoisotopic (exact) mass is 427 g/mol. The summed E-state index contributed by atoms with van der Waals surface area (Å²) in [5.74, 6) is 8.25. The molecule has 9 heteroatoms. The fourth-order valence-corrected chi connectivity index (χ4v) is 3.32. The molecule has 0 radical (unpaired) electrons. The first kappa shape index (κ1) is 21.5. The van der Waals surface area contributed by atoms with Gasteiger partial charge < -0.3 is 20.6 Å². The number of benzene rings is 2. The normalized spacial score (nSPS) is 10.8. The van der Waals surface area contributed by atoms with E-state index in [2.05, 4.69) is 29.4 Å². The zero-order valence-corrected chi connectivity index (χ0v) is 18.0. The molecule has 30 heavy (non-hydrogen) atoms. The molecule has 0 aliphatic carbocycles. The Morgan fingerprint density at radius 1 is 1.17 bits per heavy atom. The number of methoxy groups -OCH3 is 1. The van der Waals surface area contributed by atoms with Gasteiger partial charge in [0.1, 0.15) is 18.1 Å². The molecule has 1 aromatic heterocycles. The molecule has 0 fully saturated rings. The molecule has 3 rings (SSSR count). The molecule has 158 valence electrons. The third kappa shape index (κ3) is 5.66. The molecule has 0 aliphatic heterocycles. The molecule has 8 nitrogen and oxygen atoms in total. The number of nitrogens with one attached hydrogen (secondary N) is 1. The molecule has 3 N–H and O–H groups in total. The number of ether oxygens (including phenoxy) is 2. The summed E-state index contributed by atoms with van der Waals surface area (Å²) < 4.78 is 12.2. The Labute approximate surface area is 179 Å². The maximum absolute atomic E-state index is 12.3. The highest BCUT2D eigenvalue weighted by Crippen LogP contribution is 2.21. The highest BCUT2D eigenvalue weighted by atomic mass is 32.2. The molecule has 0 atom stereocenters. The van der Waals surface area contributed by atoms with Crippen LogP contribution in [0.3, 0.4) is 0 Å². The molecule has 0 bridgehead atoms. The average Bonchev–Trinajstić information content (AvgIpc) is 3.10. The van der Waals surface area contributed by atoms with E-state index in [0.717, 1.165) is 5.69 Å². The smallest absolute Gasteiger partial charge is 0.234 e. The summed E-state index contributed by atoms with van der Waals surface area (Å²) >= 11 is 1.21. The maximum Gasteiger partial charge on any atom is 0.234 e. The van der Waals surface area contributed by atoms with E-state index in [1.807, 2.05) is 42.5 Å². The number of aromatic nitrogens is 3. The first-order valence-corrected chi connectivity index (χ1v) is 10.4. The van der Waals surface area contributed by atoms with Gasteiger partial charge >= 0.3 is 0 Å². The lowest BCUT2D eigenvalue weighted by Crippen LogP contribution is -2.18. The van der Waals surface area contributed by atoms with Crippen molar-refractivity contribution in [1.29, 1.82) is 0 Å². The van der Waals surface area contributed by atoms with Crippen LogP contribution in [0.1, 0.15) is 31.2 Å². The van der Waals surface area contributed by atoms with Crippen molar-refractivity contribution in [2.45, 2.75) is 31.5 Å². The van der Waals surface area contributed by atoms with Crippen molar-refractivity contribution in [1.82, 2.24) is 14.9 Å². The van der Waals surface area contributed by atoms with Crippen LogP contribution in [-0.4, -0.2) is 33.6 Å². The van der Waals surface area contributed by atoms with Gasteiger partial charge in [0.15, 0.2) is 5.82 Å². The largest absolute Gasteiger partial charge is 0.497 e. The van der Waals surface area contributed by atoms with Gasteiger partial charge in [0.05, 0.1) is 12.9 Å². The summed E-state index contributed by atoms with van der Waals surface area (Å²) in [6.45, 7) is 4.37. The minimum Gasteiger partial charge on any atom is -0.497 e. The van der Waals surface area contributed by atoms with Crippen molar-refractivity contribution < 1.29 is 14.3 Å². The number of nitrogen functional groups attached to an aromatic ring is 1. The van der Waals surface area contributed by atoms with Crippen LogP contribution in [0.2, 0.25) is 0 Å². The molecule has 1 heterocycles. The minimum atomic E-state index is -0.141. The van der Waals surface area contributed by atoms with Crippen molar-refractivity contribution >= 4 is 23.4 Å². The molecule has 0 saturated carbocycles. The number of thioether (sulfide) groups is 1. The van der Waals surface area contributed by atoms with E-state index in [9.17, 15) is 4.79 Å². The quantitative estimate of drug-likeness (QED) is 0.398. The lowest BCUT2D eigenvalue weighted by Gasteiger charge is -2.09. The lowest BCUT2D eigenvalue weighted by molar-refractivity contribution is -0.113. The number of amides is 1. The summed E-state index contributed by atoms with van der Waals surface area (Å²) in [7, 11) is 1.59. The maximum atomic E-state index is 12.3. The molecular weight excluding hydrogens is 402 g/mol. The topological polar surface area (TPSA) is 104 Å². The van der Waals surface area contributed by atoms with Gasteiger partial charge in [-0.05, 0) is 35.7 Å². The minimum absolute atomic E-state index is 0.141. The predicted molar refractivity (Wildman–Crippen MR) is 117 cm³/mol. The van der Waals surface area contributed by atoms with Crippen LogP contribution in [0, 0.1) is 0 Å². The zero-order chi connectivity index (χ0) is 21.5. The van der Waals surface area contributed by atoms with E-state index >= 15 is 0 Å². The van der Waals surface area contributed by atoms with Crippen molar-refractivity contribution in [3.8, 4) is 11.5 Å². The zero-order valence-electron chi connectivity index (χ0n) is 17.2. The SMILES string of the molecule is COc1cccc(OCc2nnc(SCC(=O)Nc3cccc(C(C)C)c3)n2N)c1. The van der Waals surface area contributed by atoms with Crippen molar-refractivity contribution in [3.05, 3.63) is 59.9 Å². The Morgan fingerprint density at radius 3 is 2.70 bits per heavy atom. The van der Waals surface area contributed by atoms with Crippen molar-refractivity contribution in [2.24, 2.45) is 0 Å². The fourth-order valence-electron chi connectivity index (χ4n) is 2.65. The third-order valence-electron chi connectivity index (χ3n) is 4.31. The number of nitrogens with zero attached hydrogens (tertiary/aromatic N) is 3. The second kappa shape index (κ2) is 10.0. The van der Waals surface area contributed by atoms with Gasteiger partial charge in [-0.3, -0.25) is 4.79 Å². The van der Waals surface area contributed by atoms with E-state index in [0.29, 0.717) is 28.4 Å². The fraction of sp³-hybridized carbons (Fsp3) is 0.286. The first-order valence-electron chi connectivity index (χ1n) is 9.45. The molecule has 0 saturated heterocycles. The number of hydrogen-bond donors (Lipinski definition) is 2. The number of rotatable bonds is 9. The highest BCUT2D eigenvalue weighted by Gasteiger charge is 2.13. The molecule has 0 unspecified atom stereocenters. The number of hydrogen-bond acceptors (Lipinski definition) is 7. The van der Waals surface area contributed by atoms with Crippen LogP contribution >= 0.6 is 11.8 Å². The number of anilines is 1. The first-order chi connectivity index (χ1) is 14.5. The van der Waals surface area contributed by atoms with E-state index in [1.54, 1.807) is 13.2 Å². The van der Waals surface area contributed by atoms with Crippen LogP contribution in [-0.2, 0) is 11.4 Å². The molecule has 2 aromatic carbocycles. The van der Waals surface area contributed by atoms with Crippen molar-refractivity contribution in [2.75, 3.05) is 24.0 Å². The second-order valence-corrected chi connectivity index (χ2v) is 7.80. The van der Waals surface area contributed by atoms with Gasteiger partial charge in [0.2, 0.25) is 11.1 Å². The standard InChI is InChI=1S/C21H25N5O3S/c1-14(2)15-6-4-7-16(10-15)23-20(27)13-30-21-25-24-19(26(21)22)12-29-18-9-5-8-17(11-18)28-3/h4-11,14H,12-13,22H2,1-3H3,(H,23,27). The molecule has 0 spiro atoms. The van der Waals surface area contributed by atoms with Crippen LogP contribution in [0.5, 0.6) is 11.5 Å².